The van der Waals surface area contributed by atoms with Gasteiger partial charge in [-0.3, -0.25) is 4.84 Å². The lowest BCUT2D eigenvalue weighted by Gasteiger charge is -2.31. The highest BCUT2D eigenvalue weighted by Gasteiger charge is 2.44. The van der Waals surface area contributed by atoms with Crippen molar-refractivity contribution >= 4 is 16.1 Å². The zero-order valence-electron chi connectivity index (χ0n) is 23.1. The molecule has 2 aromatic carbocycles. The number of alkyl carbamates (subject to hydrolysis) is 1. The van der Waals surface area contributed by atoms with Gasteiger partial charge in [0.25, 0.3) is 10.0 Å². The summed E-state index contributed by atoms with van der Waals surface area (Å²) in [6.45, 7) is 0.386. The van der Waals surface area contributed by atoms with Crippen molar-refractivity contribution in [1.29, 1.82) is 0 Å². The summed E-state index contributed by atoms with van der Waals surface area (Å²) in [6.07, 6.45) is 1.13. The Labute approximate surface area is 240 Å². The molecule has 12 heteroatoms. The van der Waals surface area contributed by atoms with Crippen LogP contribution < -0.4 is 10.1 Å². The fraction of sp³-hybridized carbons (Fsp3) is 0.552. The lowest BCUT2D eigenvalue weighted by atomic mass is 10.0. The molecule has 11 nitrogen and oxygen atoms in total. The molecule has 3 fully saturated rings. The number of carbonyl (C=O) groups is 1. The summed E-state index contributed by atoms with van der Waals surface area (Å²) in [5.74, 6) is 0.476. The first-order chi connectivity index (χ1) is 19.8. The predicted molar refractivity (Wildman–Crippen MR) is 147 cm³/mol. The zero-order chi connectivity index (χ0) is 28.8. The van der Waals surface area contributed by atoms with E-state index in [2.05, 4.69) is 5.32 Å². The van der Waals surface area contributed by atoms with Crippen molar-refractivity contribution in [3.05, 3.63) is 60.2 Å². The predicted octanol–water partition coefficient (Wildman–Crippen LogP) is 3.02. The first-order valence-electron chi connectivity index (χ1n) is 14.1. The molecule has 0 aromatic heterocycles. The van der Waals surface area contributed by atoms with Gasteiger partial charge in [-0.25, -0.2) is 13.2 Å². The Morgan fingerprint density at radius 1 is 1.07 bits per heavy atom. The van der Waals surface area contributed by atoms with Gasteiger partial charge in [-0.05, 0) is 55.5 Å². The molecule has 3 unspecified atom stereocenters. The maximum atomic E-state index is 13.7. The van der Waals surface area contributed by atoms with Gasteiger partial charge in [-0.1, -0.05) is 47.6 Å². The summed E-state index contributed by atoms with van der Waals surface area (Å²) in [6, 6.07) is 14.4. The molecule has 2 aromatic rings. The molecule has 224 valence electrons. The van der Waals surface area contributed by atoms with Crippen molar-refractivity contribution in [2.75, 3.05) is 26.9 Å². The monoisotopic (exact) mass is 590 g/mol. The first-order valence-corrected chi connectivity index (χ1v) is 15.5. The highest BCUT2D eigenvalue weighted by atomic mass is 32.2. The van der Waals surface area contributed by atoms with Crippen LogP contribution in [0.1, 0.15) is 37.7 Å². The van der Waals surface area contributed by atoms with Crippen LogP contribution in [0.5, 0.6) is 5.75 Å². The molecule has 3 aliphatic rings. The number of carbonyl (C=O) groups excluding carboxylic acids is 1. The van der Waals surface area contributed by atoms with E-state index in [0.717, 1.165) is 42.1 Å². The van der Waals surface area contributed by atoms with Crippen molar-refractivity contribution in [2.45, 2.75) is 74.1 Å². The number of methoxy groups -OCH3 is 1. The summed E-state index contributed by atoms with van der Waals surface area (Å²) in [4.78, 5) is 19.0. The highest BCUT2D eigenvalue weighted by Crippen LogP contribution is 2.33. The van der Waals surface area contributed by atoms with Crippen LogP contribution in [0.25, 0.3) is 0 Å². The minimum atomic E-state index is -4.15. The van der Waals surface area contributed by atoms with Gasteiger partial charge in [0.15, 0.2) is 6.29 Å². The van der Waals surface area contributed by atoms with E-state index in [-0.39, 0.29) is 36.2 Å². The van der Waals surface area contributed by atoms with Crippen LogP contribution in [0.2, 0.25) is 0 Å². The van der Waals surface area contributed by atoms with Gasteiger partial charge < -0.3 is 29.4 Å². The molecule has 2 heterocycles. The van der Waals surface area contributed by atoms with Crippen LogP contribution in [-0.2, 0) is 35.5 Å². The van der Waals surface area contributed by atoms with E-state index in [9.17, 15) is 18.3 Å². The lowest BCUT2D eigenvalue weighted by Crippen LogP contribution is -2.51. The molecule has 1 amide bonds. The van der Waals surface area contributed by atoms with Crippen LogP contribution in [0.15, 0.2) is 59.5 Å². The largest absolute Gasteiger partial charge is 0.497 e. The number of benzene rings is 2. The van der Waals surface area contributed by atoms with Crippen LogP contribution in [0, 0.1) is 5.92 Å². The summed E-state index contributed by atoms with van der Waals surface area (Å²) in [5, 5.41) is 14.2. The number of fused-ring (bicyclic) bond motifs is 1. The number of nitrogens with zero attached hydrogens (tertiary/aromatic N) is 1. The number of hydrogen-bond acceptors (Lipinski definition) is 9. The number of amides is 1. The third-order valence-electron chi connectivity index (χ3n) is 7.84. The van der Waals surface area contributed by atoms with E-state index in [4.69, 9.17) is 23.8 Å². The molecule has 2 aliphatic heterocycles. The summed E-state index contributed by atoms with van der Waals surface area (Å²) in [5.41, 5.74) is 0.853. The van der Waals surface area contributed by atoms with Crippen LogP contribution >= 0.6 is 0 Å². The van der Waals surface area contributed by atoms with Gasteiger partial charge in [-0.15, -0.1) is 0 Å². The standard InChI is InChI=1S/C29H38N2O9S/c1-36-21-11-13-23(14-12-21)41(34,35)31(40-22-9-5-6-10-22)18-26(32)25(17-20-7-3-2-4-8-20)30-29(33)39-27-19-38-28-24(27)15-16-37-28/h2-4,7-8,11-14,22,24-28,32H,5-6,9-10,15-19H2,1H3,(H,30,33)/t24-,25?,26?,27?,28+/m1/s1. The van der Waals surface area contributed by atoms with Crippen LogP contribution in [0.3, 0.4) is 0 Å². The molecular formula is C29H38N2O9S. The average Bonchev–Trinajstić information content (AvgIpc) is 3.74. The minimum absolute atomic E-state index is 0.00467. The lowest BCUT2D eigenvalue weighted by molar-refractivity contribution is -0.145. The molecular weight excluding hydrogens is 552 g/mol. The molecule has 5 rings (SSSR count). The maximum Gasteiger partial charge on any atom is 0.407 e. The van der Waals surface area contributed by atoms with E-state index in [1.165, 1.54) is 19.2 Å². The molecule has 5 atom stereocenters. The number of rotatable bonds is 12. The van der Waals surface area contributed by atoms with Crippen LogP contribution in [0.4, 0.5) is 4.79 Å². The molecule has 0 spiro atoms. The Morgan fingerprint density at radius 2 is 1.80 bits per heavy atom. The Hall–Kier alpha value is -2.74. The maximum absolute atomic E-state index is 13.7. The Morgan fingerprint density at radius 3 is 2.51 bits per heavy atom. The first kappa shape index (κ1) is 29.7. The number of ether oxygens (including phenoxy) is 4. The quantitative estimate of drug-likeness (QED) is 0.358. The highest BCUT2D eigenvalue weighted by molar-refractivity contribution is 7.89. The molecule has 0 radical (unpaired) electrons. The Balaban J connectivity index is 1.33. The molecule has 0 bridgehead atoms. The number of aliphatic hydroxyl groups is 1. The molecule has 2 N–H and O–H groups in total. The Bertz CT molecular complexity index is 1240. The van der Waals surface area contributed by atoms with Crippen molar-refractivity contribution in [1.82, 2.24) is 9.79 Å². The average molecular weight is 591 g/mol. The second kappa shape index (κ2) is 13.5. The second-order valence-electron chi connectivity index (χ2n) is 10.7. The van der Waals surface area contributed by atoms with Crippen LogP contribution in [-0.4, -0.2) is 81.6 Å². The number of hydroxylamine groups is 1. The van der Waals surface area contributed by atoms with Gasteiger partial charge >= 0.3 is 6.09 Å². The number of aliphatic hydroxyl groups excluding tert-OH is 1. The van der Waals surface area contributed by atoms with E-state index in [1.807, 2.05) is 30.3 Å². The SMILES string of the molecule is COc1ccc(S(=O)(=O)N(CC(O)C(Cc2ccccc2)NC(=O)OC2CO[C@@H]3OCC[C@H]23)OC2CCCC2)cc1. The zero-order valence-corrected chi connectivity index (χ0v) is 23.9. The normalized spacial score (nSPS) is 24.2. The molecule has 1 saturated carbocycles. The van der Waals surface area contributed by atoms with Gasteiger partial charge in [0.2, 0.25) is 0 Å². The van der Waals surface area contributed by atoms with E-state index >= 15 is 0 Å². The van der Waals surface area contributed by atoms with E-state index in [0.29, 0.717) is 12.4 Å². The second-order valence-corrected chi connectivity index (χ2v) is 12.5. The number of sulfonamides is 1. The van der Waals surface area contributed by atoms with Crippen molar-refractivity contribution < 1.29 is 42.1 Å². The van der Waals surface area contributed by atoms with Crippen molar-refractivity contribution in [2.24, 2.45) is 5.92 Å². The van der Waals surface area contributed by atoms with E-state index < -0.39 is 40.9 Å². The smallest absolute Gasteiger partial charge is 0.407 e. The van der Waals surface area contributed by atoms with Gasteiger partial charge in [0, 0.05) is 0 Å². The number of nitrogens with one attached hydrogen (secondary N) is 1. The fourth-order valence-electron chi connectivity index (χ4n) is 5.52. The molecule has 41 heavy (non-hydrogen) atoms. The minimum Gasteiger partial charge on any atom is -0.497 e. The summed E-state index contributed by atoms with van der Waals surface area (Å²) >= 11 is 0. The summed E-state index contributed by atoms with van der Waals surface area (Å²) in [7, 11) is -2.65. The van der Waals surface area contributed by atoms with Gasteiger partial charge in [-0.2, -0.15) is 0 Å². The van der Waals surface area contributed by atoms with Gasteiger partial charge in [0.05, 0.1) is 55.9 Å². The van der Waals surface area contributed by atoms with Gasteiger partial charge in [0.1, 0.15) is 11.9 Å². The number of hydrogen-bond donors (Lipinski definition) is 2. The van der Waals surface area contributed by atoms with E-state index in [1.54, 1.807) is 12.1 Å². The molecule has 2 saturated heterocycles. The fourth-order valence-corrected chi connectivity index (χ4v) is 6.82. The topological polar surface area (TPSA) is 133 Å². The Kier molecular flexibility index (Phi) is 9.79. The van der Waals surface area contributed by atoms with Crippen molar-refractivity contribution in [3.8, 4) is 5.75 Å². The third kappa shape index (κ3) is 7.37. The molecule has 1 aliphatic carbocycles. The third-order valence-corrected chi connectivity index (χ3v) is 9.48. The summed E-state index contributed by atoms with van der Waals surface area (Å²) < 4.78 is 50.2. The van der Waals surface area contributed by atoms with Crippen molar-refractivity contribution in [3.63, 3.8) is 0 Å².